The molecule has 2 aromatic rings. The van der Waals surface area contributed by atoms with Crippen LogP contribution in [0.4, 0.5) is 0 Å². The highest BCUT2D eigenvalue weighted by molar-refractivity contribution is 9.10. The summed E-state index contributed by atoms with van der Waals surface area (Å²) < 4.78 is 3.10. The van der Waals surface area contributed by atoms with Gasteiger partial charge in [-0.05, 0) is 36.1 Å². The largest absolute Gasteiger partial charge is 0.316 e. The van der Waals surface area contributed by atoms with Crippen LogP contribution in [0.25, 0.3) is 0 Å². The zero-order valence-electron chi connectivity index (χ0n) is 11.0. The lowest BCUT2D eigenvalue weighted by atomic mass is 9.78. The second kappa shape index (κ2) is 5.47. The molecule has 0 spiro atoms. The highest BCUT2D eigenvalue weighted by Gasteiger charge is 2.29. The van der Waals surface area contributed by atoms with Crippen molar-refractivity contribution in [3.05, 3.63) is 52.3 Å². The van der Waals surface area contributed by atoms with Crippen LogP contribution >= 0.6 is 15.9 Å². The van der Waals surface area contributed by atoms with Crippen molar-refractivity contribution in [2.75, 3.05) is 13.1 Å². The fourth-order valence-corrected chi connectivity index (χ4v) is 3.57. The van der Waals surface area contributed by atoms with Crippen molar-refractivity contribution < 1.29 is 0 Å². The third kappa shape index (κ3) is 2.60. The van der Waals surface area contributed by atoms with Crippen LogP contribution in [-0.2, 0) is 7.05 Å². The molecule has 2 unspecified atom stereocenters. The Hall–Kier alpha value is -1.13. The normalized spacial score (nSPS) is 23.5. The van der Waals surface area contributed by atoms with E-state index < -0.39 is 0 Å². The molecule has 3 nitrogen and oxygen atoms in total. The third-order valence-electron chi connectivity index (χ3n) is 3.94. The summed E-state index contributed by atoms with van der Waals surface area (Å²) in [5.74, 6) is 1.06. The topological polar surface area (TPSA) is 29.9 Å². The minimum Gasteiger partial charge on any atom is -0.316 e. The van der Waals surface area contributed by atoms with Gasteiger partial charge in [-0.1, -0.05) is 34.1 Å². The first-order valence-electron chi connectivity index (χ1n) is 6.69. The molecule has 2 atom stereocenters. The number of aryl methyl sites for hydroxylation is 1. The number of piperidine rings is 1. The molecule has 0 amide bonds. The van der Waals surface area contributed by atoms with Crippen LogP contribution in [-0.4, -0.2) is 22.9 Å². The number of hydrogen-bond acceptors (Lipinski definition) is 2. The van der Waals surface area contributed by atoms with E-state index in [1.807, 2.05) is 17.9 Å². The molecule has 1 N–H and O–H groups in total. The molecule has 1 aliphatic heterocycles. The number of rotatable bonds is 2. The van der Waals surface area contributed by atoms with Crippen LogP contribution in [0.15, 0.2) is 41.1 Å². The molecular formula is C15H18BrN3. The van der Waals surface area contributed by atoms with Gasteiger partial charge in [-0.15, -0.1) is 0 Å². The van der Waals surface area contributed by atoms with E-state index in [2.05, 4.69) is 56.8 Å². The lowest BCUT2D eigenvalue weighted by Gasteiger charge is -2.32. The number of aromatic nitrogens is 2. The van der Waals surface area contributed by atoms with Gasteiger partial charge in [-0.3, -0.25) is 4.68 Å². The maximum Gasteiger partial charge on any atom is 0.0524 e. The Kier molecular flexibility index (Phi) is 3.71. The van der Waals surface area contributed by atoms with E-state index >= 15 is 0 Å². The maximum atomic E-state index is 4.33. The minimum atomic E-state index is 0.508. The van der Waals surface area contributed by atoms with E-state index in [9.17, 15) is 0 Å². The van der Waals surface area contributed by atoms with Gasteiger partial charge in [0.05, 0.1) is 6.20 Å². The van der Waals surface area contributed by atoms with E-state index in [1.165, 1.54) is 15.6 Å². The number of nitrogens with zero attached hydrogens (tertiary/aromatic N) is 2. The minimum absolute atomic E-state index is 0.508. The molecule has 1 aromatic carbocycles. The van der Waals surface area contributed by atoms with E-state index in [1.54, 1.807) is 0 Å². The quantitative estimate of drug-likeness (QED) is 0.922. The summed E-state index contributed by atoms with van der Waals surface area (Å²) in [5, 5.41) is 7.85. The average molecular weight is 320 g/mol. The summed E-state index contributed by atoms with van der Waals surface area (Å²) in [6.07, 6.45) is 5.33. The molecule has 2 heterocycles. The SMILES string of the molecule is Cn1cc(C2CCNCC2c2ccccc2Br)cn1. The van der Waals surface area contributed by atoms with Gasteiger partial charge < -0.3 is 5.32 Å². The summed E-state index contributed by atoms with van der Waals surface area (Å²) in [7, 11) is 1.98. The number of nitrogens with one attached hydrogen (secondary N) is 1. The number of benzene rings is 1. The Bertz CT molecular complexity index is 564. The first-order chi connectivity index (χ1) is 9.25. The molecule has 4 heteroatoms. The second-order valence-corrected chi connectivity index (χ2v) is 6.03. The first-order valence-corrected chi connectivity index (χ1v) is 7.48. The van der Waals surface area contributed by atoms with E-state index in [0.29, 0.717) is 11.8 Å². The Labute approximate surface area is 122 Å². The van der Waals surface area contributed by atoms with Crippen LogP contribution in [0.1, 0.15) is 29.4 Å². The molecule has 1 aliphatic rings. The first kappa shape index (κ1) is 12.9. The third-order valence-corrected chi connectivity index (χ3v) is 4.66. The monoisotopic (exact) mass is 319 g/mol. The number of hydrogen-bond donors (Lipinski definition) is 1. The van der Waals surface area contributed by atoms with E-state index in [0.717, 1.165) is 19.5 Å². The highest BCUT2D eigenvalue weighted by atomic mass is 79.9. The lowest BCUT2D eigenvalue weighted by Crippen LogP contribution is -2.34. The van der Waals surface area contributed by atoms with Crippen molar-refractivity contribution in [1.82, 2.24) is 15.1 Å². The van der Waals surface area contributed by atoms with Gasteiger partial charge in [-0.2, -0.15) is 5.10 Å². The smallest absolute Gasteiger partial charge is 0.0524 e. The van der Waals surface area contributed by atoms with Crippen LogP contribution < -0.4 is 5.32 Å². The molecule has 0 bridgehead atoms. The Morgan fingerprint density at radius 2 is 2.16 bits per heavy atom. The van der Waals surface area contributed by atoms with Gasteiger partial charge in [0.1, 0.15) is 0 Å². The fraction of sp³-hybridized carbons (Fsp3) is 0.400. The summed E-state index contributed by atoms with van der Waals surface area (Å²) in [6, 6.07) is 8.55. The molecule has 3 rings (SSSR count). The molecule has 100 valence electrons. The Morgan fingerprint density at radius 3 is 2.89 bits per heavy atom. The van der Waals surface area contributed by atoms with Crippen LogP contribution in [0.2, 0.25) is 0 Å². The summed E-state index contributed by atoms with van der Waals surface area (Å²) in [4.78, 5) is 0. The maximum absolute atomic E-state index is 4.33. The number of halogens is 1. The van der Waals surface area contributed by atoms with Gasteiger partial charge in [0.2, 0.25) is 0 Å². The predicted octanol–water partition coefficient (Wildman–Crippen LogP) is 3.04. The standard InChI is InChI=1S/C15H18BrN3/c1-19-10-11(8-18-19)12-6-7-17-9-14(12)13-4-2-3-5-15(13)16/h2-5,8,10,12,14,17H,6-7,9H2,1H3. The van der Waals surface area contributed by atoms with Crippen LogP contribution in [0.3, 0.4) is 0 Å². The van der Waals surface area contributed by atoms with Crippen molar-refractivity contribution in [2.45, 2.75) is 18.3 Å². The summed E-state index contributed by atoms with van der Waals surface area (Å²) in [5.41, 5.74) is 2.74. The molecule has 0 saturated carbocycles. The van der Waals surface area contributed by atoms with Crippen LogP contribution in [0, 0.1) is 0 Å². The van der Waals surface area contributed by atoms with Crippen molar-refractivity contribution in [3.63, 3.8) is 0 Å². The van der Waals surface area contributed by atoms with Gasteiger partial charge in [0.15, 0.2) is 0 Å². The van der Waals surface area contributed by atoms with E-state index in [-0.39, 0.29) is 0 Å². The second-order valence-electron chi connectivity index (χ2n) is 5.17. The van der Waals surface area contributed by atoms with Crippen molar-refractivity contribution in [1.29, 1.82) is 0 Å². The van der Waals surface area contributed by atoms with E-state index in [4.69, 9.17) is 0 Å². The zero-order chi connectivity index (χ0) is 13.2. The van der Waals surface area contributed by atoms with Gasteiger partial charge in [0, 0.05) is 30.2 Å². The lowest BCUT2D eigenvalue weighted by molar-refractivity contribution is 0.403. The zero-order valence-corrected chi connectivity index (χ0v) is 12.6. The molecule has 0 radical (unpaired) electrons. The van der Waals surface area contributed by atoms with Gasteiger partial charge in [-0.25, -0.2) is 0 Å². The Balaban J connectivity index is 1.96. The van der Waals surface area contributed by atoms with Crippen LogP contribution in [0.5, 0.6) is 0 Å². The molecule has 19 heavy (non-hydrogen) atoms. The molecule has 0 aliphatic carbocycles. The summed E-state index contributed by atoms with van der Waals surface area (Å²) >= 11 is 3.69. The fourth-order valence-electron chi connectivity index (χ4n) is 2.99. The average Bonchev–Trinajstić information content (AvgIpc) is 2.86. The Morgan fingerprint density at radius 1 is 1.32 bits per heavy atom. The van der Waals surface area contributed by atoms with Crippen molar-refractivity contribution in [2.24, 2.45) is 7.05 Å². The molecule has 1 saturated heterocycles. The van der Waals surface area contributed by atoms with Crippen molar-refractivity contribution >= 4 is 15.9 Å². The molecule has 1 aromatic heterocycles. The molecular weight excluding hydrogens is 302 g/mol. The van der Waals surface area contributed by atoms with Gasteiger partial charge in [0.25, 0.3) is 0 Å². The highest BCUT2D eigenvalue weighted by Crippen LogP contribution is 2.39. The van der Waals surface area contributed by atoms with Gasteiger partial charge >= 0.3 is 0 Å². The van der Waals surface area contributed by atoms with Crippen molar-refractivity contribution in [3.8, 4) is 0 Å². The molecule has 1 fully saturated rings. The summed E-state index contributed by atoms with van der Waals surface area (Å²) in [6.45, 7) is 2.11. The predicted molar refractivity (Wildman–Crippen MR) is 80.3 cm³/mol.